The van der Waals surface area contributed by atoms with E-state index < -0.39 is 5.54 Å². The van der Waals surface area contributed by atoms with Gasteiger partial charge in [-0.25, -0.2) is 0 Å². The number of para-hydroxylation sites is 1. The monoisotopic (exact) mass is 524 g/mol. The molecule has 4 aromatic rings. The van der Waals surface area contributed by atoms with Crippen molar-refractivity contribution in [3.05, 3.63) is 95.7 Å². The van der Waals surface area contributed by atoms with Crippen molar-refractivity contribution >= 4 is 11.8 Å². The normalized spacial score (nSPS) is 17.6. The van der Waals surface area contributed by atoms with E-state index in [0.29, 0.717) is 28.6 Å². The minimum atomic E-state index is -1.22. The molecule has 0 radical (unpaired) electrons. The van der Waals surface area contributed by atoms with Crippen LogP contribution in [0.25, 0.3) is 11.3 Å². The van der Waals surface area contributed by atoms with Gasteiger partial charge in [0, 0.05) is 24.2 Å². The summed E-state index contributed by atoms with van der Waals surface area (Å²) in [5.41, 5.74) is 2.46. The molecular weight excluding hydrogens is 496 g/mol. The minimum Gasteiger partial charge on any atom is -0.496 e. The van der Waals surface area contributed by atoms with Crippen molar-refractivity contribution in [2.45, 2.75) is 32.1 Å². The van der Waals surface area contributed by atoms with E-state index in [1.807, 2.05) is 72.8 Å². The van der Waals surface area contributed by atoms with Gasteiger partial charge >= 0.3 is 0 Å². The zero-order valence-corrected chi connectivity index (χ0v) is 21.7. The number of carbonyl (C=O) groups is 2. The molecule has 0 spiro atoms. The molecule has 0 fully saturated rings. The molecule has 3 heterocycles. The standard InChI is InChI=1S/C30H28N4O5/c1-30(29(36)31-16-22-10-6-7-11-25(22)37-2)18-34-24(15-23(32-34)21-8-4-3-5-9-21)28(35)33(30)17-20-12-13-26-27(14-20)39-19-38-26/h3-15H,16-19H2,1-2H3,(H,31,36)/t30-/m1/s1. The summed E-state index contributed by atoms with van der Waals surface area (Å²) in [5.74, 6) is 1.40. The van der Waals surface area contributed by atoms with Gasteiger partial charge in [-0.2, -0.15) is 5.10 Å². The number of nitrogens with zero attached hydrogens (tertiary/aromatic N) is 3. The summed E-state index contributed by atoms with van der Waals surface area (Å²) in [6, 6.07) is 24.5. The first kappa shape index (κ1) is 24.5. The molecule has 6 rings (SSSR count). The van der Waals surface area contributed by atoms with Gasteiger partial charge in [-0.3, -0.25) is 14.3 Å². The third-order valence-electron chi connectivity index (χ3n) is 7.27. The smallest absolute Gasteiger partial charge is 0.273 e. The molecule has 2 amide bonds. The Bertz CT molecular complexity index is 1550. The number of hydrogen-bond acceptors (Lipinski definition) is 6. The van der Waals surface area contributed by atoms with Crippen LogP contribution >= 0.6 is 0 Å². The molecule has 2 aliphatic heterocycles. The van der Waals surface area contributed by atoms with E-state index in [4.69, 9.17) is 19.3 Å². The number of benzene rings is 3. The van der Waals surface area contributed by atoms with Crippen LogP contribution in [0.3, 0.4) is 0 Å². The van der Waals surface area contributed by atoms with Crippen LogP contribution in [-0.2, 0) is 24.4 Å². The largest absolute Gasteiger partial charge is 0.496 e. The maximum absolute atomic E-state index is 14.0. The molecule has 39 heavy (non-hydrogen) atoms. The molecule has 3 aromatic carbocycles. The first-order valence-electron chi connectivity index (χ1n) is 12.7. The van der Waals surface area contributed by atoms with Crippen LogP contribution in [0, 0.1) is 0 Å². The van der Waals surface area contributed by atoms with Crippen molar-refractivity contribution in [3.63, 3.8) is 0 Å². The van der Waals surface area contributed by atoms with Crippen LogP contribution in [0.15, 0.2) is 78.9 Å². The maximum Gasteiger partial charge on any atom is 0.273 e. The second-order valence-corrected chi connectivity index (χ2v) is 9.79. The number of ether oxygens (including phenoxy) is 3. The van der Waals surface area contributed by atoms with Gasteiger partial charge in [-0.05, 0) is 36.8 Å². The minimum absolute atomic E-state index is 0.159. The number of carbonyl (C=O) groups excluding carboxylic acids is 2. The van der Waals surface area contributed by atoms with Gasteiger partial charge in [0.05, 0.1) is 19.3 Å². The lowest BCUT2D eigenvalue weighted by Gasteiger charge is -2.43. The fourth-order valence-electron chi connectivity index (χ4n) is 5.08. The second-order valence-electron chi connectivity index (χ2n) is 9.79. The zero-order chi connectivity index (χ0) is 27.0. The quantitative estimate of drug-likeness (QED) is 0.393. The Balaban J connectivity index is 1.34. The molecule has 9 heteroatoms. The predicted octanol–water partition coefficient (Wildman–Crippen LogP) is 4.02. The fourth-order valence-corrected chi connectivity index (χ4v) is 5.08. The summed E-state index contributed by atoms with van der Waals surface area (Å²) >= 11 is 0. The molecule has 0 unspecified atom stereocenters. The zero-order valence-electron chi connectivity index (χ0n) is 21.7. The first-order valence-corrected chi connectivity index (χ1v) is 12.7. The average Bonchev–Trinajstić information content (AvgIpc) is 3.61. The van der Waals surface area contributed by atoms with E-state index in [9.17, 15) is 9.59 Å². The van der Waals surface area contributed by atoms with Crippen molar-refractivity contribution in [1.82, 2.24) is 20.0 Å². The third kappa shape index (κ3) is 4.46. The van der Waals surface area contributed by atoms with E-state index in [0.717, 1.165) is 16.7 Å². The number of hydrogen-bond donors (Lipinski definition) is 1. The van der Waals surface area contributed by atoms with Gasteiger partial charge < -0.3 is 24.4 Å². The molecule has 0 bridgehead atoms. The summed E-state index contributed by atoms with van der Waals surface area (Å²) in [6.45, 7) is 2.60. The average molecular weight is 525 g/mol. The van der Waals surface area contributed by atoms with Gasteiger partial charge in [0.25, 0.3) is 5.91 Å². The van der Waals surface area contributed by atoms with E-state index in [1.165, 1.54) is 0 Å². The summed E-state index contributed by atoms with van der Waals surface area (Å²) in [4.78, 5) is 29.5. The van der Waals surface area contributed by atoms with Crippen LogP contribution in [0.2, 0.25) is 0 Å². The molecule has 0 aliphatic carbocycles. The molecule has 0 saturated carbocycles. The Labute approximate surface area is 225 Å². The van der Waals surface area contributed by atoms with E-state index in [-0.39, 0.29) is 38.2 Å². The van der Waals surface area contributed by atoms with Crippen molar-refractivity contribution < 1.29 is 23.8 Å². The lowest BCUT2D eigenvalue weighted by molar-refractivity contribution is -0.133. The fraction of sp³-hybridized carbons (Fsp3) is 0.233. The number of amides is 2. The molecule has 1 aromatic heterocycles. The van der Waals surface area contributed by atoms with E-state index in [1.54, 1.807) is 29.7 Å². The molecule has 9 nitrogen and oxygen atoms in total. The topological polar surface area (TPSA) is 94.9 Å². The summed E-state index contributed by atoms with van der Waals surface area (Å²) in [7, 11) is 1.60. The van der Waals surface area contributed by atoms with Crippen LogP contribution in [-0.4, -0.2) is 45.9 Å². The number of aromatic nitrogens is 2. The van der Waals surface area contributed by atoms with Crippen LogP contribution in [0.1, 0.15) is 28.5 Å². The van der Waals surface area contributed by atoms with E-state index >= 15 is 0 Å². The number of nitrogens with one attached hydrogen (secondary N) is 1. The molecule has 2 aliphatic rings. The van der Waals surface area contributed by atoms with Gasteiger partial charge in [0.15, 0.2) is 11.5 Å². The van der Waals surface area contributed by atoms with Gasteiger partial charge in [0.1, 0.15) is 17.0 Å². The van der Waals surface area contributed by atoms with E-state index in [2.05, 4.69) is 5.32 Å². The SMILES string of the molecule is COc1ccccc1CNC(=O)[C@@]1(C)Cn2nc(-c3ccccc3)cc2C(=O)N1Cc1ccc2c(c1)OCO2. The van der Waals surface area contributed by atoms with Crippen molar-refractivity contribution in [2.24, 2.45) is 0 Å². The molecule has 198 valence electrons. The molecule has 0 saturated heterocycles. The molecule has 1 N–H and O–H groups in total. The summed E-state index contributed by atoms with van der Waals surface area (Å²) < 4.78 is 18.1. The number of methoxy groups -OCH3 is 1. The Morgan fingerprint density at radius 3 is 2.62 bits per heavy atom. The number of rotatable bonds is 7. The Hall–Kier alpha value is -4.79. The molecule has 1 atom stereocenters. The van der Waals surface area contributed by atoms with Crippen molar-refractivity contribution in [3.8, 4) is 28.5 Å². The lowest BCUT2D eigenvalue weighted by atomic mass is 9.93. The van der Waals surface area contributed by atoms with Crippen molar-refractivity contribution in [1.29, 1.82) is 0 Å². The predicted molar refractivity (Wildman–Crippen MR) is 143 cm³/mol. The second kappa shape index (κ2) is 9.83. The third-order valence-corrected chi connectivity index (χ3v) is 7.27. The highest BCUT2D eigenvalue weighted by atomic mass is 16.7. The summed E-state index contributed by atoms with van der Waals surface area (Å²) in [6.07, 6.45) is 0. The highest BCUT2D eigenvalue weighted by Gasteiger charge is 2.48. The first-order chi connectivity index (χ1) is 19.0. The van der Waals surface area contributed by atoms with Gasteiger partial charge in [0.2, 0.25) is 12.7 Å². The summed E-state index contributed by atoms with van der Waals surface area (Å²) in [5, 5.41) is 7.75. The molecular formula is C30H28N4O5. The Morgan fingerprint density at radius 1 is 1.03 bits per heavy atom. The Morgan fingerprint density at radius 2 is 1.79 bits per heavy atom. The Kier molecular flexibility index (Phi) is 6.18. The van der Waals surface area contributed by atoms with Gasteiger partial charge in [-0.1, -0.05) is 54.6 Å². The maximum atomic E-state index is 14.0. The van der Waals surface area contributed by atoms with Crippen LogP contribution in [0.5, 0.6) is 17.2 Å². The lowest BCUT2D eigenvalue weighted by Crippen LogP contribution is -2.63. The van der Waals surface area contributed by atoms with Crippen molar-refractivity contribution in [2.75, 3.05) is 13.9 Å². The van der Waals surface area contributed by atoms with Crippen LogP contribution in [0.4, 0.5) is 0 Å². The van der Waals surface area contributed by atoms with Crippen LogP contribution < -0.4 is 19.5 Å². The highest BCUT2D eigenvalue weighted by Crippen LogP contribution is 2.35. The van der Waals surface area contributed by atoms with Gasteiger partial charge in [-0.15, -0.1) is 0 Å². The number of fused-ring (bicyclic) bond motifs is 2. The highest BCUT2D eigenvalue weighted by molar-refractivity contribution is 6.00.